The van der Waals surface area contributed by atoms with Gasteiger partial charge >= 0.3 is 0 Å². The quantitative estimate of drug-likeness (QED) is 0.684. The molecule has 6 heteroatoms. The standard InChI is InChI=1S/C11H14BrN3O2/c1-7(8-3-2-4-8)14-11-10(12)5-9(6-13-11)15(16)17/h5-8H,2-4H2,1H3,(H,13,14). The van der Waals surface area contributed by atoms with Crippen LogP contribution in [0.15, 0.2) is 16.7 Å². The molecule has 0 bridgehead atoms. The molecule has 2 rings (SSSR count). The number of nitrogens with zero attached hydrogens (tertiary/aromatic N) is 2. The number of aromatic nitrogens is 1. The van der Waals surface area contributed by atoms with Gasteiger partial charge in [0.2, 0.25) is 0 Å². The van der Waals surface area contributed by atoms with Crippen LogP contribution in [0.2, 0.25) is 0 Å². The van der Waals surface area contributed by atoms with Gasteiger partial charge < -0.3 is 5.32 Å². The molecule has 1 aromatic rings. The van der Waals surface area contributed by atoms with Gasteiger partial charge in [-0.25, -0.2) is 4.98 Å². The summed E-state index contributed by atoms with van der Waals surface area (Å²) in [6.07, 6.45) is 5.07. The van der Waals surface area contributed by atoms with Gasteiger partial charge in [0.25, 0.3) is 5.69 Å². The summed E-state index contributed by atoms with van der Waals surface area (Å²) >= 11 is 3.30. The molecule has 0 aromatic carbocycles. The summed E-state index contributed by atoms with van der Waals surface area (Å²) in [6.45, 7) is 2.12. The van der Waals surface area contributed by atoms with E-state index in [2.05, 4.69) is 33.2 Å². The predicted molar refractivity (Wildman–Crippen MR) is 69.0 cm³/mol. The summed E-state index contributed by atoms with van der Waals surface area (Å²) in [5.41, 5.74) is -0.00118. The molecule has 1 fully saturated rings. The van der Waals surface area contributed by atoms with Crippen molar-refractivity contribution in [2.45, 2.75) is 32.2 Å². The summed E-state index contributed by atoms with van der Waals surface area (Å²) in [6, 6.07) is 1.83. The maximum atomic E-state index is 10.6. The average Bonchev–Trinajstić information content (AvgIpc) is 2.18. The van der Waals surface area contributed by atoms with E-state index in [0.29, 0.717) is 22.3 Å². The number of rotatable bonds is 4. The summed E-state index contributed by atoms with van der Waals surface area (Å²) in [5, 5.41) is 13.9. The highest BCUT2D eigenvalue weighted by Crippen LogP contribution is 2.32. The van der Waals surface area contributed by atoms with Crippen molar-refractivity contribution in [3.05, 3.63) is 26.9 Å². The fourth-order valence-electron chi connectivity index (χ4n) is 1.91. The van der Waals surface area contributed by atoms with Crippen LogP contribution in [-0.4, -0.2) is 15.9 Å². The van der Waals surface area contributed by atoms with E-state index in [9.17, 15) is 10.1 Å². The second kappa shape index (κ2) is 5.00. The van der Waals surface area contributed by atoms with E-state index >= 15 is 0 Å². The first-order chi connectivity index (χ1) is 8.08. The average molecular weight is 300 g/mol. The van der Waals surface area contributed by atoms with Crippen molar-refractivity contribution in [3.8, 4) is 0 Å². The minimum Gasteiger partial charge on any atom is -0.366 e. The maximum absolute atomic E-state index is 10.6. The number of anilines is 1. The number of pyridine rings is 1. The van der Waals surface area contributed by atoms with Crippen molar-refractivity contribution >= 4 is 27.4 Å². The van der Waals surface area contributed by atoms with Gasteiger partial charge in [0.1, 0.15) is 12.0 Å². The van der Waals surface area contributed by atoms with Crippen molar-refractivity contribution < 1.29 is 4.92 Å². The molecule has 0 aliphatic heterocycles. The Morgan fingerprint density at radius 1 is 1.65 bits per heavy atom. The zero-order valence-electron chi connectivity index (χ0n) is 9.52. The molecule has 0 radical (unpaired) electrons. The summed E-state index contributed by atoms with van der Waals surface area (Å²) in [7, 11) is 0. The third-order valence-corrected chi connectivity index (χ3v) is 3.86. The van der Waals surface area contributed by atoms with Gasteiger partial charge in [-0.2, -0.15) is 0 Å². The van der Waals surface area contributed by atoms with Gasteiger partial charge in [0, 0.05) is 12.1 Å². The summed E-state index contributed by atoms with van der Waals surface area (Å²) in [4.78, 5) is 14.2. The Kier molecular flexibility index (Phi) is 3.61. The summed E-state index contributed by atoms with van der Waals surface area (Å²) < 4.78 is 0.637. The van der Waals surface area contributed by atoms with E-state index in [1.807, 2.05) is 0 Å². The molecule has 1 N–H and O–H groups in total. The Labute approximate surface area is 108 Å². The molecule has 1 heterocycles. The van der Waals surface area contributed by atoms with Crippen LogP contribution in [0.1, 0.15) is 26.2 Å². The smallest absolute Gasteiger partial charge is 0.288 e. The highest BCUT2D eigenvalue weighted by Gasteiger charge is 2.24. The predicted octanol–water partition coefficient (Wildman–Crippen LogP) is 3.35. The molecule has 17 heavy (non-hydrogen) atoms. The molecule has 1 unspecified atom stereocenters. The van der Waals surface area contributed by atoms with Crippen molar-refractivity contribution in [2.75, 3.05) is 5.32 Å². The maximum Gasteiger partial charge on any atom is 0.288 e. The number of nitro groups is 1. The van der Waals surface area contributed by atoms with Gasteiger partial charge in [-0.05, 0) is 41.6 Å². The lowest BCUT2D eigenvalue weighted by Crippen LogP contribution is -2.31. The minimum atomic E-state index is -0.448. The molecule has 1 saturated carbocycles. The Morgan fingerprint density at radius 3 is 2.82 bits per heavy atom. The van der Waals surface area contributed by atoms with E-state index in [4.69, 9.17) is 0 Å². The van der Waals surface area contributed by atoms with Crippen molar-refractivity contribution in [2.24, 2.45) is 5.92 Å². The molecule has 1 aliphatic carbocycles. The van der Waals surface area contributed by atoms with E-state index in [0.717, 1.165) is 0 Å². The SMILES string of the molecule is CC(Nc1ncc([N+](=O)[O-])cc1Br)C1CCC1. The third-order valence-electron chi connectivity index (χ3n) is 3.26. The summed E-state index contributed by atoms with van der Waals surface area (Å²) in [5.74, 6) is 1.37. The van der Waals surface area contributed by atoms with E-state index < -0.39 is 4.92 Å². The van der Waals surface area contributed by atoms with Gasteiger partial charge in [-0.15, -0.1) is 0 Å². The lowest BCUT2D eigenvalue weighted by Gasteiger charge is -2.32. The number of halogens is 1. The largest absolute Gasteiger partial charge is 0.366 e. The second-order valence-electron chi connectivity index (χ2n) is 4.41. The molecular formula is C11H14BrN3O2. The topological polar surface area (TPSA) is 68.1 Å². The lowest BCUT2D eigenvalue weighted by molar-refractivity contribution is -0.385. The van der Waals surface area contributed by atoms with Crippen molar-refractivity contribution in [3.63, 3.8) is 0 Å². The van der Waals surface area contributed by atoms with Crippen LogP contribution in [0.5, 0.6) is 0 Å². The molecule has 0 spiro atoms. The molecular weight excluding hydrogens is 286 g/mol. The lowest BCUT2D eigenvalue weighted by atomic mass is 9.80. The van der Waals surface area contributed by atoms with Crippen molar-refractivity contribution in [1.82, 2.24) is 4.98 Å². The zero-order chi connectivity index (χ0) is 12.4. The fourth-order valence-corrected chi connectivity index (χ4v) is 2.36. The van der Waals surface area contributed by atoms with E-state index in [-0.39, 0.29) is 5.69 Å². The Bertz CT molecular complexity index is 435. The third kappa shape index (κ3) is 2.74. The number of hydrogen-bond acceptors (Lipinski definition) is 4. The number of nitrogens with one attached hydrogen (secondary N) is 1. The van der Waals surface area contributed by atoms with Gasteiger partial charge in [-0.1, -0.05) is 6.42 Å². The van der Waals surface area contributed by atoms with Crippen LogP contribution in [0.3, 0.4) is 0 Å². The van der Waals surface area contributed by atoms with Crippen molar-refractivity contribution in [1.29, 1.82) is 0 Å². The highest BCUT2D eigenvalue weighted by atomic mass is 79.9. The van der Waals surface area contributed by atoms with Crippen LogP contribution < -0.4 is 5.32 Å². The van der Waals surface area contributed by atoms with E-state index in [1.165, 1.54) is 31.5 Å². The first-order valence-corrected chi connectivity index (χ1v) is 6.43. The molecule has 92 valence electrons. The molecule has 0 saturated heterocycles. The molecule has 1 aromatic heterocycles. The molecule has 1 aliphatic rings. The van der Waals surface area contributed by atoms with Gasteiger partial charge in [0.15, 0.2) is 0 Å². The first-order valence-electron chi connectivity index (χ1n) is 5.64. The molecule has 5 nitrogen and oxygen atoms in total. The van der Waals surface area contributed by atoms with Crippen LogP contribution in [0.4, 0.5) is 11.5 Å². The fraction of sp³-hybridized carbons (Fsp3) is 0.545. The molecule has 0 amide bonds. The Hall–Kier alpha value is -1.17. The highest BCUT2D eigenvalue weighted by molar-refractivity contribution is 9.10. The minimum absolute atomic E-state index is 0.00118. The normalized spacial score (nSPS) is 17.3. The Morgan fingerprint density at radius 2 is 2.35 bits per heavy atom. The monoisotopic (exact) mass is 299 g/mol. The molecule has 1 atom stereocenters. The van der Waals surface area contributed by atoms with Gasteiger partial charge in [-0.3, -0.25) is 10.1 Å². The van der Waals surface area contributed by atoms with Crippen LogP contribution >= 0.6 is 15.9 Å². The number of hydrogen-bond donors (Lipinski definition) is 1. The zero-order valence-corrected chi connectivity index (χ0v) is 11.1. The first kappa shape index (κ1) is 12.3. The van der Waals surface area contributed by atoms with Crippen LogP contribution in [-0.2, 0) is 0 Å². The van der Waals surface area contributed by atoms with Crippen LogP contribution in [0, 0.1) is 16.0 Å². The van der Waals surface area contributed by atoms with Gasteiger partial charge in [0.05, 0.1) is 9.40 Å². The van der Waals surface area contributed by atoms with E-state index in [1.54, 1.807) is 0 Å². The van der Waals surface area contributed by atoms with Crippen LogP contribution in [0.25, 0.3) is 0 Å². The second-order valence-corrected chi connectivity index (χ2v) is 5.26. The Balaban J connectivity index is 2.07.